The van der Waals surface area contributed by atoms with Crippen molar-refractivity contribution in [2.24, 2.45) is 0 Å². The SMILES string of the molecule is CC(C)Oc1ccc(CCNC(=O)c2cn(Cc3ccccc3Cl)nn2)cc1. The van der Waals surface area contributed by atoms with E-state index in [2.05, 4.69) is 15.6 Å². The van der Waals surface area contributed by atoms with Gasteiger partial charge in [-0.3, -0.25) is 4.79 Å². The van der Waals surface area contributed by atoms with Gasteiger partial charge in [-0.25, -0.2) is 4.68 Å². The molecule has 0 aliphatic heterocycles. The molecule has 1 heterocycles. The fourth-order valence-corrected chi connectivity index (χ4v) is 2.89. The van der Waals surface area contributed by atoms with E-state index < -0.39 is 0 Å². The topological polar surface area (TPSA) is 69.0 Å². The van der Waals surface area contributed by atoms with Crippen molar-refractivity contribution in [2.75, 3.05) is 6.54 Å². The Morgan fingerprint density at radius 3 is 2.64 bits per heavy atom. The third-order valence-corrected chi connectivity index (χ3v) is 4.42. The number of halogens is 1. The van der Waals surface area contributed by atoms with Gasteiger partial charge in [0.25, 0.3) is 5.91 Å². The minimum Gasteiger partial charge on any atom is -0.491 e. The first-order valence-corrected chi connectivity index (χ1v) is 9.56. The zero-order valence-electron chi connectivity index (χ0n) is 15.9. The summed E-state index contributed by atoms with van der Waals surface area (Å²) in [4.78, 5) is 12.3. The number of aromatic nitrogens is 3. The highest BCUT2D eigenvalue weighted by molar-refractivity contribution is 6.31. The smallest absolute Gasteiger partial charge is 0.273 e. The van der Waals surface area contributed by atoms with E-state index in [1.807, 2.05) is 62.4 Å². The second-order valence-electron chi connectivity index (χ2n) is 6.71. The van der Waals surface area contributed by atoms with Gasteiger partial charge in [0.1, 0.15) is 5.75 Å². The molecule has 0 spiro atoms. The molecule has 2 aromatic carbocycles. The van der Waals surface area contributed by atoms with Crippen LogP contribution in [0.2, 0.25) is 5.02 Å². The third-order valence-electron chi connectivity index (χ3n) is 4.06. The van der Waals surface area contributed by atoms with E-state index in [9.17, 15) is 4.79 Å². The summed E-state index contributed by atoms with van der Waals surface area (Å²) in [6.45, 7) is 4.97. The van der Waals surface area contributed by atoms with E-state index in [-0.39, 0.29) is 17.7 Å². The number of benzene rings is 2. The molecule has 1 aromatic heterocycles. The van der Waals surface area contributed by atoms with Gasteiger partial charge in [0, 0.05) is 11.6 Å². The predicted molar refractivity (Wildman–Crippen MR) is 109 cm³/mol. The molecule has 0 aliphatic rings. The lowest BCUT2D eigenvalue weighted by molar-refractivity contribution is 0.0949. The number of amides is 1. The van der Waals surface area contributed by atoms with Crippen molar-refractivity contribution in [3.63, 3.8) is 0 Å². The highest BCUT2D eigenvalue weighted by atomic mass is 35.5. The quantitative estimate of drug-likeness (QED) is 0.627. The maximum atomic E-state index is 12.3. The molecule has 0 fully saturated rings. The van der Waals surface area contributed by atoms with Crippen molar-refractivity contribution in [1.29, 1.82) is 0 Å². The van der Waals surface area contributed by atoms with E-state index in [1.165, 1.54) is 0 Å². The van der Waals surface area contributed by atoms with Crippen LogP contribution in [0.1, 0.15) is 35.5 Å². The molecule has 7 heteroatoms. The van der Waals surface area contributed by atoms with E-state index in [4.69, 9.17) is 16.3 Å². The molecule has 0 saturated carbocycles. The molecule has 0 unspecified atom stereocenters. The summed E-state index contributed by atoms with van der Waals surface area (Å²) in [5.41, 5.74) is 2.33. The molecule has 6 nitrogen and oxygen atoms in total. The summed E-state index contributed by atoms with van der Waals surface area (Å²) in [5, 5.41) is 11.5. The van der Waals surface area contributed by atoms with Gasteiger partial charge in [-0.1, -0.05) is 47.1 Å². The van der Waals surface area contributed by atoms with Crippen LogP contribution in [-0.4, -0.2) is 33.5 Å². The molecule has 0 aliphatic carbocycles. The van der Waals surface area contributed by atoms with E-state index in [0.717, 1.165) is 23.3 Å². The van der Waals surface area contributed by atoms with Gasteiger partial charge in [0.2, 0.25) is 0 Å². The van der Waals surface area contributed by atoms with Crippen LogP contribution in [0.3, 0.4) is 0 Å². The molecule has 0 atom stereocenters. The van der Waals surface area contributed by atoms with Crippen LogP contribution in [0.15, 0.2) is 54.7 Å². The molecule has 3 aromatic rings. The molecule has 1 amide bonds. The molecule has 3 rings (SSSR count). The van der Waals surface area contributed by atoms with Gasteiger partial charge >= 0.3 is 0 Å². The summed E-state index contributed by atoms with van der Waals surface area (Å²) < 4.78 is 7.23. The Morgan fingerprint density at radius 1 is 1.18 bits per heavy atom. The lowest BCUT2D eigenvalue weighted by Crippen LogP contribution is -2.26. The van der Waals surface area contributed by atoms with Crippen molar-refractivity contribution in [3.8, 4) is 5.75 Å². The van der Waals surface area contributed by atoms with Gasteiger partial charge in [-0.05, 0) is 49.6 Å². The first-order chi connectivity index (χ1) is 13.5. The Balaban J connectivity index is 1.49. The number of carbonyl (C=O) groups is 1. The van der Waals surface area contributed by atoms with Crippen molar-refractivity contribution in [3.05, 3.63) is 76.6 Å². The Hall–Kier alpha value is -2.86. The number of nitrogens with one attached hydrogen (secondary N) is 1. The first-order valence-electron chi connectivity index (χ1n) is 9.18. The van der Waals surface area contributed by atoms with Gasteiger partial charge < -0.3 is 10.1 Å². The average Bonchev–Trinajstić information content (AvgIpc) is 3.13. The van der Waals surface area contributed by atoms with Gasteiger partial charge in [0.05, 0.1) is 18.8 Å². The second kappa shape index (κ2) is 9.37. The lowest BCUT2D eigenvalue weighted by Gasteiger charge is -2.10. The lowest BCUT2D eigenvalue weighted by atomic mass is 10.1. The Morgan fingerprint density at radius 2 is 1.93 bits per heavy atom. The molecule has 146 valence electrons. The number of ether oxygens (including phenoxy) is 1. The zero-order chi connectivity index (χ0) is 19.9. The molecular weight excluding hydrogens is 376 g/mol. The Kier molecular flexibility index (Phi) is 6.66. The number of carbonyl (C=O) groups excluding carboxylic acids is 1. The van der Waals surface area contributed by atoms with Crippen LogP contribution >= 0.6 is 11.6 Å². The van der Waals surface area contributed by atoms with E-state index in [1.54, 1.807) is 10.9 Å². The van der Waals surface area contributed by atoms with Crippen LogP contribution < -0.4 is 10.1 Å². The average molecular weight is 399 g/mol. The first kappa shape index (κ1) is 19.9. The number of rotatable bonds is 8. The largest absolute Gasteiger partial charge is 0.491 e. The maximum absolute atomic E-state index is 12.3. The summed E-state index contributed by atoms with van der Waals surface area (Å²) in [6.07, 6.45) is 2.49. The van der Waals surface area contributed by atoms with Crippen LogP contribution in [0, 0.1) is 0 Å². The standard InChI is InChI=1S/C21H23ClN4O2/c1-15(2)28-18-9-7-16(8-10-18)11-12-23-21(27)20-14-26(25-24-20)13-17-5-3-4-6-19(17)22/h3-10,14-15H,11-13H2,1-2H3,(H,23,27). The van der Waals surface area contributed by atoms with E-state index in [0.29, 0.717) is 18.1 Å². The highest BCUT2D eigenvalue weighted by Crippen LogP contribution is 2.16. The van der Waals surface area contributed by atoms with Crippen LogP contribution in [-0.2, 0) is 13.0 Å². The minimum absolute atomic E-state index is 0.150. The van der Waals surface area contributed by atoms with Gasteiger partial charge in [-0.15, -0.1) is 5.10 Å². The minimum atomic E-state index is -0.245. The Labute approximate surface area is 169 Å². The summed E-state index contributed by atoms with van der Waals surface area (Å²) >= 11 is 6.16. The summed E-state index contributed by atoms with van der Waals surface area (Å²) in [7, 11) is 0. The predicted octanol–water partition coefficient (Wildman–Crippen LogP) is 3.74. The molecule has 0 bridgehead atoms. The highest BCUT2D eigenvalue weighted by Gasteiger charge is 2.11. The maximum Gasteiger partial charge on any atom is 0.273 e. The van der Waals surface area contributed by atoms with Gasteiger partial charge in [-0.2, -0.15) is 0 Å². The van der Waals surface area contributed by atoms with Crippen molar-refractivity contribution >= 4 is 17.5 Å². The Bertz CT molecular complexity index is 922. The third kappa shape index (κ3) is 5.57. The summed E-state index contributed by atoms with van der Waals surface area (Å²) in [6, 6.07) is 15.4. The molecular formula is C21H23ClN4O2. The second-order valence-corrected chi connectivity index (χ2v) is 7.12. The van der Waals surface area contributed by atoms with Gasteiger partial charge in [0.15, 0.2) is 5.69 Å². The number of hydrogen-bond acceptors (Lipinski definition) is 4. The normalized spacial score (nSPS) is 10.9. The number of nitrogens with zero attached hydrogens (tertiary/aromatic N) is 3. The molecule has 1 N–H and O–H groups in total. The molecule has 28 heavy (non-hydrogen) atoms. The zero-order valence-corrected chi connectivity index (χ0v) is 16.7. The fourth-order valence-electron chi connectivity index (χ4n) is 2.70. The van der Waals surface area contributed by atoms with Crippen molar-refractivity contribution < 1.29 is 9.53 Å². The number of hydrogen-bond donors (Lipinski definition) is 1. The fraction of sp³-hybridized carbons (Fsp3) is 0.286. The monoisotopic (exact) mass is 398 g/mol. The van der Waals surface area contributed by atoms with Crippen LogP contribution in [0.5, 0.6) is 5.75 Å². The van der Waals surface area contributed by atoms with Crippen molar-refractivity contribution in [2.45, 2.75) is 32.9 Å². The summed E-state index contributed by atoms with van der Waals surface area (Å²) in [5.74, 6) is 0.600. The van der Waals surface area contributed by atoms with Crippen LogP contribution in [0.4, 0.5) is 0 Å². The molecule has 0 saturated heterocycles. The van der Waals surface area contributed by atoms with Crippen molar-refractivity contribution in [1.82, 2.24) is 20.3 Å². The van der Waals surface area contributed by atoms with E-state index >= 15 is 0 Å². The van der Waals surface area contributed by atoms with Crippen LogP contribution in [0.25, 0.3) is 0 Å². The molecule has 0 radical (unpaired) electrons.